The first-order chi connectivity index (χ1) is 10.0. The highest BCUT2D eigenvalue weighted by atomic mass is 79.9. The predicted molar refractivity (Wildman–Crippen MR) is 86.2 cm³/mol. The van der Waals surface area contributed by atoms with Gasteiger partial charge < -0.3 is 9.47 Å². The van der Waals surface area contributed by atoms with Gasteiger partial charge in [-0.1, -0.05) is 29.3 Å². The van der Waals surface area contributed by atoms with Crippen LogP contribution >= 0.6 is 15.9 Å². The van der Waals surface area contributed by atoms with Gasteiger partial charge in [-0.2, -0.15) is 0 Å². The topological polar surface area (TPSA) is 64.6 Å². The molecule has 7 heteroatoms. The smallest absolute Gasteiger partial charge is 0.244 e. The first kappa shape index (κ1) is 18.4. The van der Waals surface area contributed by atoms with Crippen LogP contribution in [0.5, 0.6) is 5.75 Å². The SMILES string of the molecule is CCCCOCCCNS(=O)(=O)c1cc(Br)ccc1OC. The first-order valence-electron chi connectivity index (χ1n) is 6.92. The van der Waals surface area contributed by atoms with Crippen LogP contribution in [0.1, 0.15) is 26.2 Å². The van der Waals surface area contributed by atoms with Crippen molar-refractivity contribution in [3.63, 3.8) is 0 Å². The fourth-order valence-corrected chi connectivity index (χ4v) is 3.45. The second kappa shape index (κ2) is 9.40. The van der Waals surface area contributed by atoms with Gasteiger partial charge in [0, 0.05) is 24.2 Å². The molecule has 1 aromatic rings. The normalized spacial score (nSPS) is 11.6. The van der Waals surface area contributed by atoms with Gasteiger partial charge in [-0.15, -0.1) is 0 Å². The van der Waals surface area contributed by atoms with Crippen molar-refractivity contribution in [2.45, 2.75) is 31.1 Å². The Hall–Kier alpha value is -0.630. The van der Waals surface area contributed by atoms with Crippen LogP contribution in [0, 0.1) is 0 Å². The van der Waals surface area contributed by atoms with Crippen molar-refractivity contribution in [1.82, 2.24) is 4.72 Å². The second-order valence-electron chi connectivity index (χ2n) is 4.51. The van der Waals surface area contributed by atoms with E-state index in [2.05, 4.69) is 27.6 Å². The van der Waals surface area contributed by atoms with Crippen molar-refractivity contribution >= 4 is 26.0 Å². The molecule has 21 heavy (non-hydrogen) atoms. The standard InChI is InChI=1S/C14H22BrNO4S/c1-3-4-9-20-10-5-8-16-21(17,18)14-11-12(15)6-7-13(14)19-2/h6-7,11,16H,3-5,8-10H2,1-2H3. The molecule has 0 atom stereocenters. The molecule has 120 valence electrons. The van der Waals surface area contributed by atoms with Gasteiger partial charge in [0.25, 0.3) is 0 Å². The molecule has 1 rings (SSSR count). The third-order valence-electron chi connectivity index (χ3n) is 2.81. The van der Waals surface area contributed by atoms with E-state index < -0.39 is 10.0 Å². The van der Waals surface area contributed by atoms with Crippen LogP contribution in [0.15, 0.2) is 27.6 Å². The van der Waals surface area contributed by atoms with E-state index in [1.165, 1.54) is 13.2 Å². The fourth-order valence-electron chi connectivity index (χ4n) is 1.67. The largest absolute Gasteiger partial charge is 0.495 e. The summed E-state index contributed by atoms with van der Waals surface area (Å²) in [5, 5.41) is 0. The van der Waals surface area contributed by atoms with Crippen LogP contribution in [0.2, 0.25) is 0 Å². The van der Waals surface area contributed by atoms with Gasteiger partial charge in [-0.05, 0) is 31.0 Å². The van der Waals surface area contributed by atoms with Crippen LogP contribution < -0.4 is 9.46 Å². The number of nitrogens with one attached hydrogen (secondary N) is 1. The van der Waals surface area contributed by atoms with Crippen LogP contribution in [-0.4, -0.2) is 35.3 Å². The number of benzene rings is 1. The highest BCUT2D eigenvalue weighted by molar-refractivity contribution is 9.10. The lowest BCUT2D eigenvalue weighted by Crippen LogP contribution is -2.26. The van der Waals surface area contributed by atoms with E-state index in [9.17, 15) is 8.42 Å². The molecule has 0 heterocycles. The zero-order valence-electron chi connectivity index (χ0n) is 12.4. The van der Waals surface area contributed by atoms with E-state index in [-0.39, 0.29) is 4.90 Å². The van der Waals surface area contributed by atoms with Crippen molar-refractivity contribution in [2.75, 3.05) is 26.9 Å². The van der Waals surface area contributed by atoms with Gasteiger partial charge in [0.05, 0.1) is 7.11 Å². The van der Waals surface area contributed by atoms with Crippen molar-refractivity contribution in [3.8, 4) is 5.75 Å². The Bertz CT molecular complexity index is 534. The average molecular weight is 380 g/mol. The number of unbranched alkanes of at least 4 members (excludes halogenated alkanes) is 1. The lowest BCUT2D eigenvalue weighted by atomic mass is 10.3. The first-order valence-corrected chi connectivity index (χ1v) is 9.20. The molecule has 1 N–H and O–H groups in total. The summed E-state index contributed by atoms with van der Waals surface area (Å²) in [4.78, 5) is 0.131. The Morgan fingerprint density at radius 3 is 2.62 bits per heavy atom. The molecule has 0 aliphatic rings. The van der Waals surface area contributed by atoms with Crippen LogP contribution in [0.3, 0.4) is 0 Å². The summed E-state index contributed by atoms with van der Waals surface area (Å²) < 4.78 is 38.2. The molecule has 1 aromatic carbocycles. The number of halogens is 1. The average Bonchev–Trinajstić information content (AvgIpc) is 2.46. The summed E-state index contributed by atoms with van der Waals surface area (Å²) in [7, 11) is -2.14. The molecule has 0 aromatic heterocycles. The summed E-state index contributed by atoms with van der Waals surface area (Å²) in [6.07, 6.45) is 2.76. The minimum Gasteiger partial charge on any atom is -0.495 e. The van der Waals surface area contributed by atoms with Gasteiger partial charge in [0.1, 0.15) is 10.6 Å². The second-order valence-corrected chi connectivity index (χ2v) is 7.16. The van der Waals surface area contributed by atoms with E-state index in [1.807, 2.05) is 0 Å². The Kier molecular flexibility index (Phi) is 8.24. The maximum Gasteiger partial charge on any atom is 0.244 e. The maximum atomic E-state index is 12.2. The molecule has 0 amide bonds. The van der Waals surface area contributed by atoms with E-state index in [0.29, 0.717) is 29.8 Å². The van der Waals surface area contributed by atoms with E-state index in [4.69, 9.17) is 9.47 Å². The number of hydrogen-bond donors (Lipinski definition) is 1. The number of sulfonamides is 1. The number of ether oxygens (including phenoxy) is 2. The Morgan fingerprint density at radius 2 is 1.95 bits per heavy atom. The summed E-state index contributed by atoms with van der Waals surface area (Å²) in [5.74, 6) is 0.324. The van der Waals surface area contributed by atoms with Gasteiger partial charge in [-0.25, -0.2) is 13.1 Å². The third-order valence-corrected chi connectivity index (χ3v) is 4.79. The van der Waals surface area contributed by atoms with Crippen molar-refractivity contribution in [1.29, 1.82) is 0 Å². The molecule has 5 nitrogen and oxygen atoms in total. The summed E-state index contributed by atoms with van der Waals surface area (Å²) >= 11 is 3.27. The predicted octanol–water partition coefficient (Wildman–Crippen LogP) is 2.94. The highest BCUT2D eigenvalue weighted by Gasteiger charge is 2.19. The number of methoxy groups -OCH3 is 1. The van der Waals surface area contributed by atoms with E-state index in [0.717, 1.165) is 19.4 Å². The van der Waals surface area contributed by atoms with Crippen LogP contribution in [-0.2, 0) is 14.8 Å². The molecule has 0 saturated heterocycles. The van der Waals surface area contributed by atoms with Gasteiger partial charge in [0.15, 0.2) is 0 Å². The Labute approximate surface area is 135 Å². The molecule has 0 aliphatic carbocycles. The highest BCUT2D eigenvalue weighted by Crippen LogP contribution is 2.26. The summed E-state index contributed by atoms with van der Waals surface area (Å²) in [5.41, 5.74) is 0. The molecule has 0 fully saturated rings. The molecular weight excluding hydrogens is 358 g/mol. The Morgan fingerprint density at radius 1 is 1.24 bits per heavy atom. The fraction of sp³-hybridized carbons (Fsp3) is 0.571. The molecule has 0 aliphatic heterocycles. The zero-order chi connectivity index (χ0) is 15.7. The summed E-state index contributed by atoms with van der Waals surface area (Å²) in [6.45, 7) is 3.72. The molecule has 0 spiro atoms. The number of hydrogen-bond acceptors (Lipinski definition) is 4. The quantitative estimate of drug-likeness (QED) is 0.634. The molecule has 0 unspecified atom stereocenters. The van der Waals surface area contributed by atoms with Gasteiger partial charge in [0.2, 0.25) is 10.0 Å². The molecule has 0 bridgehead atoms. The van der Waals surface area contributed by atoms with E-state index in [1.54, 1.807) is 12.1 Å². The summed E-state index contributed by atoms with van der Waals surface area (Å²) in [6, 6.07) is 4.88. The number of rotatable bonds is 10. The lowest BCUT2D eigenvalue weighted by molar-refractivity contribution is 0.130. The lowest BCUT2D eigenvalue weighted by Gasteiger charge is -2.11. The van der Waals surface area contributed by atoms with Crippen molar-refractivity contribution in [2.24, 2.45) is 0 Å². The minimum absolute atomic E-state index is 0.131. The van der Waals surface area contributed by atoms with Crippen molar-refractivity contribution < 1.29 is 17.9 Å². The Balaban J connectivity index is 2.52. The maximum absolute atomic E-state index is 12.2. The molecule has 0 saturated carbocycles. The third kappa shape index (κ3) is 6.34. The minimum atomic E-state index is -3.58. The zero-order valence-corrected chi connectivity index (χ0v) is 14.8. The molecular formula is C14H22BrNO4S. The van der Waals surface area contributed by atoms with Gasteiger partial charge in [-0.3, -0.25) is 0 Å². The monoisotopic (exact) mass is 379 g/mol. The van der Waals surface area contributed by atoms with Crippen molar-refractivity contribution in [3.05, 3.63) is 22.7 Å². The van der Waals surface area contributed by atoms with Crippen LogP contribution in [0.25, 0.3) is 0 Å². The van der Waals surface area contributed by atoms with E-state index >= 15 is 0 Å². The van der Waals surface area contributed by atoms with Crippen LogP contribution in [0.4, 0.5) is 0 Å². The molecule has 0 radical (unpaired) electrons. The van der Waals surface area contributed by atoms with Gasteiger partial charge >= 0.3 is 0 Å².